The van der Waals surface area contributed by atoms with Gasteiger partial charge < -0.3 is 9.64 Å². The molecule has 0 radical (unpaired) electrons. The number of likely N-dealkylation sites (tertiary alicyclic amines) is 1. The molecule has 0 bridgehead atoms. The molecular weight excluding hydrogens is 302 g/mol. The maximum atomic E-state index is 12.8. The van der Waals surface area contributed by atoms with Crippen LogP contribution >= 0.6 is 0 Å². The molecule has 5 nitrogen and oxygen atoms in total. The normalized spacial score (nSPS) is 23.8. The number of nitrogens with zero attached hydrogens (tertiary/aromatic N) is 2. The van der Waals surface area contributed by atoms with Crippen LogP contribution in [0.1, 0.15) is 48.1 Å². The number of amides is 1. The van der Waals surface area contributed by atoms with E-state index in [1.54, 1.807) is 6.20 Å². The smallest absolute Gasteiger partial charge is 0.225 e. The molecule has 1 amide bonds. The van der Waals surface area contributed by atoms with Crippen molar-refractivity contribution in [1.82, 2.24) is 15.1 Å². The van der Waals surface area contributed by atoms with Crippen LogP contribution in [0.15, 0.2) is 36.5 Å². The summed E-state index contributed by atoms with van der Waals surface area (Å²) in [4.78, 5) is 14.8. The number of rotatable bonds is 3. The lowest BCUT2D eigenvalue weighted by atomic mass is 9.93. The molecule has 1 saturated heterocycles. The molecular formula is C19H23N3O2. The highest BCUT2D eigenvalue weighted by atomic mass is 16.5. The molecule has 2 atom stereocenters. The summed E-state index contributed by atoms with van der Waals surface area (Å²) < 4.78 is 5.90. The Morgan fingerprint density at radius 2 is 2.25 bits per heavy atom. The van der Waals surface area contributed by atoms with Crippen LogP contribution in [0.3, 0.4) is 0 Å². The molecule has 126 valence electrons. The van der Waals surface area contributed by atoms with E-state index >= 15 is 0 Å². The maximum Gasteiger partial charge on any atom is 0.225 e. The van der Waals surface area contributed by atoms with E-state index in [-0.39, 0.29) is 12.0 Å². The highest BCUT2D eigenvalue weighted by Gasteiger charge is 2.29. The number of carbonyl (C=O) groups excluding carboxylic acids is 1. The summed E-state index contributed by atoms with van der Waals surface area (Å²) in [6.07, 6.45) is 5.20. The van der Waals surface area contributed by atoms with Crippen molar-refractivity contribution in [3.63, 3.8) is 0 Å². The second-order valence-electron chi connectivity index (χ2n) is 6.70. The summed E-state index contributed by atoms with van der Waals surface area (Å²) in [6.45, 7) is 2.32. The van der Waals surface area contributed by atoms with Crippen molar-refractivity contribution >= 4 is 5.91 Å². The van der Waals surface area contributed by atoms with Gasteiger partial charge in [0.05, 0.1) is 19.1 Å². The van der Waals surface area contributed by atoms with Gasteiger partial charge in [-0.1, -0.05) is 24.3 Å². The molecule has 0 aliphatic carbocycles. The predicted molar refractivity (Wildman–Crippen MR) is 90.6 cm³/mol. The lowest BCUT2D eigenvalue weighted by Crippen LogP contribution is -2.40. The molecule has 0 unspecified atom stereocenters. The van der Waals surface area contributed by atoms with Crippen LogP contribution in [0.2, 0.25) is 0 Å². The molecule has 3 heterocycles. The second-order valence-corrected chi connectivity index (χ2v) is 6.70. The summed E-state index contributed by atoms with van der Waals surface area (Å²) in [6, 6.07) is 10.3. The molecule has 1 fully saturated rings. The number of carbonyl (C=O) groups is 1. The third-order valence-electron chi connectivity index (χ3n) is 5.19. The average Bonchev–Trinajstić information content (AvgIpc) is 3.17. The number of benzene rings is 1. The Morgan fingerprint density at radius 3 is 3.12 bits per heavy atom. The first-order chi connectivity index (χ1) is 11.8. The van der Waals surface area contributed by atoms with Crippen LogP contribution in [0.4, 0.5) is 0 Å². The van der Waals surface area contributed by atoms with E-state index in [1.807, 2.05) is 17.0 Å². The van der Waals surface area contributed by atoms with E-state index in [4.69, 9.17) is 4.74 Å². The average molecular weight is 325 g/mol. The standard InChI is InChI=1S/C19H23N3O2/c23-19(12-18-16-6-2-1-4-14(16)8-11-24-18)22-10-3-5-15(13-22)17-7-9-20-21-17/h1-2,4,6-7,9,15,18H,3,5,8,10-13H2,(H,20,21)/t15-,18+/m0/s1. The van der Waals surface area contributed by atoms with Crippen LogP contribution < -0.4 is 0 Å². The van der Waals surface area contributed by atoms with Gasteiger partial charge in [0.25, 0.3) is 0 Å². The highest BCUT2D eigenvalue weighted by Crippen LogP contribution is 2.31. The number of hydrogen-bond acceptors (Lipinski definition) is 3. The van der Waals surface area contributed by atoms with E-state index in [2.05, 4.69) is 28.4 Å². The van der Waals surface area contributed by atoms with Gasteiger partial charge in [0.15, 0.2) is 0 Å². The lowest BCUT2D eigenvalue weighted by Gasteiger charge is -2.34. The Balaban J connectivity index is 1.43. The molecule has 2 aliphatic rings. The Labute approximate surface area is 142 Å². The van der Waals surface area contributed by atoms with Crippen molar-refractivity contribution in [2.45, 2.75) is 37.7 Å². The summed E-state index contributed by atoms with van der Waals surface area (Å²) in [5.74, 6) is 0.561. The fourth-order valence-corrected chi connectivity index (χ4v) is 3.89. The fourth-order valence-electron chi connectivity index (χ4n) is 3.89. The Hall–Kier alpha value is -2.14. The zero-order valence-corrected chi connectivity index (χ0v) is 13.8. The number of nitrogens with one attached hydrogen (secondary N) is 1. The molecule has 2 aromatic rings. The van der Waals surface area contributed by atoms with Gasteiger partial charge in [-0.2, -0.15) is 5.10 Å². The lowest BCUT2D eigenvalue weighted by molar-refractivity contribution is -0.135. The number of H-pyrrole nitrogens is 1. The Bertz CT molecular complexity index is 698. The fraction of sp³-hybridized carbons (Fsp3) is 0.474. The van der Waals surface area contributed by atoms with Crippen LogP contribution in [-0.4, -0.2) is 40.7 Å². The van der Waals surface area contributed by atoms with Gasteiger partial charge in [-0.25, -0.2) is 0 Å². The van der Waals surface area contributed by atoms with Crippen LogP contribution in [0.5, 0.6) is 0 Å². The molecule has 1 aromatic heterocycles. The molecule has 0 spiro atoms. The predicted octanol–water partition coefficient (Wildman–Crippen LogP) is 2.82. The zero-order chi connectivity index (χ0) is 16.4. The zero-order valence-electron chi connectivity index (χ0n) is 13.8. The topological polar surface area (TPSA) is 58.2 Å². The van der Waals surface area contributed by atoms with Gasteiger partial charge in [0.1, 0.15) is 0 Å². The minimum Gasteiger partial charge on any atom is -0.373 e. The molecule has 1 aromatic carbocycles. The van der Waals surface area contributed by atoms with Gasteiger partial charge in [-0.05, 0) is 36.5 Å². The first-order valence-corrected chi connectivity index (χ1v) is 8.77. The molecule has 4 rings (SSSR count). The summed E-state index contributed by atoms with van der Waals surface area (Å²) in [5.41, 5.74) is 3.63. The monoisotopic (exact) mass is 325 g/mol. The van der Waals surface area contributed by atoms with Crippen molar-refractivity contribution in [1.29, 1.82) is 0 Å². The van der Waals surface area contributed by atoms with Gasteiger partial charge in [-0.3, -0.25) is 9.89 Å². The Morgan fingerprint density at radius 1 is 1.33 bits per heavy atom. The Kier molecular flexibility index (Phi) is 4.34. The number of piperidine rings is 1. The third-order valence-corrected chi connectivity index (χ3v) is 5.19. The van der Waals surface area contributed by atoms with E-state index in [1.165, 1.54) is 11.1 Å². The first kappa shape index (κ1) is 15.4. The minimum absolute atomic E-state index is 0.102. The highest BCUT2D eigenvalue weighted by molar-refractivity contribution is 5.77. The van der Waals surface area contributed by atoms with Crippen molar-refractivity contribution in [3.8, 4) is 0 Å². The SMILES string of the molecule is O=C(C[C@H]1OCCc2ccccc21)N1CCC[C@H](c2ccn[nH]2)C1. The quantitative estimate of drug-likeness (QED) is 0.944. The van der Waals surface area contributed by atoms with Crippen LogP contribution in [-0.2, 0) is 16.0 Å². The van der Waals surface area contributed by atoms with Crippen molar-refractivity contribution in [2.75, 3.05) is 19.7 Å². The largest absolute Gasteiger partial charge is 0.373 e. The van der Waals surface area contributed by atoms with E-state index < -0.39 is 0 Å². The number of aromatic nitrogens is 2. The van der Waals surface area contributed by atoms with Crippen molar-refractivity contribution in [2.24, 2.45) is 0 Å². The van der Waals surface area contributed by atoms with Gasteiger partial charge in [-0.15, -0.1) is 0 Å². The van der Waals surface area contributed by atoms with Gasteiger partial charge >= 0.3 is 0 Å². The number of fused-ring (bicyclic) bond motifs is 1. The van der Waals surface area contributed by atoms with E-state index in [0.717, 1.165) is 38.0 Å². The summed E-state index contributed by atoms with van der Waals surface area (Å²) in [5, 5.41) is 7.09. The van der Waals surface area contributed by atoms with Crippen molar-refractivity contribution in [3.05, 3.63) is 53.3 Å². The van der Waals surface area contributed by atoms with Gasteiger partial charge in [0.2, 0.25) is 5.91 Å². The molecule has 0 saturated carbocycles. The minimum atomic E-state index is -0.102. The molecule has 2 aliphatic heterocycles. The molecule has 24 heavy (non-hydrogen) atoms. The van der Waals surface area contributed by atoms with Crippen molar-refractivity contribution < 1.29 is 9.53 Å². The summed E-state index contributed by atoms with van der Waals surface area (Å²) >= 11 is 0. The molecule has 1 N–H and O–H groups in total. The summed E-state index contributed by atoms with van der Waals surface area (Å²) in [7, 11) is 0. The first-order valence-electron chi connectivity index (χ1n) is 8.77. The number of aromatic amines is 1. The van der Waals surface area contributed by atoms with Crippen LogP contribution in [0, 0.1) is 0 Å². The second kappa shape index (κ2) is 6.77. The van der Waals surface area contributed by atoms with E-state index in [9.17, 15) is 4.79 Å². The third kappa shape index (κ3) is 3.08. The van der Waals surface area contributed by atoms with Gasteiger partial charge in [0, 0.05) is 30.9 Å². The molecule has 5 heteroatoms. The van der Waals surface area contributed by atoms with E-state index in [0.29, 0.717) is 18.9 Å². The maximum absolute atomic E-state index is 12.8. The van der Waals surface area contributed by atoms with Crippen LogP contribution in [0.25, 0.3) is 0 Å². The number of hydrogen-bond donors (Lipinski definition) is 1. The number of ether oxygens (including phenoxy) is 1.